The van der Waals surface area contributed by atoms with Crippen molar-refractivity contribution in [2.45, 2.75) is 20.8 Å². The molecule has 0 saturated carbocycles. The van der Waals surface area contributed by atoms with Crippen LogP contribution >= 0.6 is 0 Å². The molecular formula is C18H21N3O6. The zero-order valence-electron chi connectivity index (χ0n) is 15.3. The Morgan fingerprint density at radius 2 is 1.89 bits per heavy atom. The predicted octanol–water partition coefficient (Wildman–Crippen LogP) is 2.58. The van der Waals surface area contributed by atoms with Crippen molar-refractivity contribution in [3.63, 3.8) is 0 Å². The van der Waals surface area contributed by atoms with Gasteiger partial charge in [0.05, 0.1) is 18.1 Å². The molecule has 0 atom stereocenters. The standard InChI is InChI=1S/C18H21N3O6/c1-4-26-15-9-12(6-8-14(15)27-10-11(2)3)5-7-13-16(21(24)25)17(22)20-18(23)19-13/h5-9,11H,4,10H2,1-3H3,(H2,19,20,22,23)/b7-5+. The minimum atomic E-state index is -1.06. The monoisotopic (exact) mass is 375 g/mol. The molecule has 1 aromatic carbocycles. The molecule has 0 fully saturated rings. The van der Waals surface area contributed by atoms with Crippen molar-refractivity contribution in [3.05, 3.63) is 60.4 Å². The Hall–Kier alpha value is -3.36. The molecule has 0 aliphatic heterocycles. The van der Waals surface area contributed by atoms with Crippen molar-refractivity contribution in [2.75, 3.05) is 13.2 Å². The van der Waals surface area contributed by atoms with Crippen LogP contribution in [0.4, 0.5) is 5.69 Å². The fourth-order valence-electron chi connectivity index (χ4n) is 2.25. The molecule has 1 aromatic heterocycles. The van der Waals surface area contributed by atoms with Gasteiger partial charge in [-0.2, -0.15) is 0 Å². The second kappa shape index (κ2) is 8.84. The molecule has 0 saturated heterocycles. The second-order valence-corrected chi connectivity index (χ2v) is 6.11. The third-order valence-corrected chi connectivity index (χ3v) is 3.41. The lowest BCUT2D eigenvalue weighted by atomic mass is 10.1. The minimum absolute atomic E-state index is 0.188. The quantitative estimate of drug-likeness (QED) is 0.539. The molecule has 0 spiro atoms. The first kappa shape index (κ1) is 20.0. The van der Waals surface area contributed by atoms with Crippen molar-refractivity contribution in [2.24, 2.45) is 5.92 Å². The first-order chi connectivity index (χ1) is 12.8. The van der Waals surface area contributed by atoms with Crippen molar-refractivity contribution in [1.82, 2.24) is 9.97 Å². The number of aromatic nitrogens is 2. The Morgan fingerprint density at radius 3 is 2.52 bits per heavy atom. The summed E-state index contributed by atoms with van der Waals surface area (Å²) in [6.45, 7) is 6.89. The summed E-state index contributed by atoms with van der Waals surface area (Å²) in [5.74, 6) is 1.49. The van der Waals surface area contributed by atoms with Gasteiger partial charge in [-0.15, -0.1) is 0 Å². The van der Waals surface area contributed by atoms with Crippen LogP contribution in [-0.2, 0) is 0 Å². The van der Waals surface area contributed by atoms with Gasteiger partial charge in [0.2, 0.25) is 0 Å². The second-order valence-electron chi connectivity index (χ2n) is 6.11. The highest BCUT2D eigenvalue weighted by atomic mass is 16.6. The summed E-state index contributed by atoms with van der Waals surface area (Å²) in [4.78, 5) is 37.4. The molecular weight excluding hydrogens is 354 g/mol. The highest BCUT2D eigenvalue weighted by molar-refractivity contribution is 5.72. The molecule has 0 amide bonds. The van der Waals surface area contributed by atoms with Crippen molar-refractivity contribution < 1.29 is 14.4 Å². The first-order valence-electron chi connectivity index (χ1n) is 8.40. The van der Waals surface area contributed by atoms with E-state index in [-0.39, 0.29) is 5.69 Å². The summed E-state index contributed by atoms with van der Waals surface area (Å²) in [6, 6.07) is 5.20. The predicted molar refractivity (Wildman–Crippen MR) is 101 cm³/mol. The average Bonchev–Trinajstić information content (AvgIpc) is 2.58. The lowest BCUT2D eigenvalue weighted by Crippen LogP contribution is -2.25. The van der Waals surface area contributed by atoms with Gasteiger partial charge in [-0.1, -0.05) is 26.0 Å². The van der Waals surface area contributed by atoms with Gasteiger partial charge in [-0.3, -0.25) is 19.9 Å². The van der Waals surface area contributed by atoms with Crippen molar-refractivity contribution >= 4 is 17.8 Å². The number of ether oxygens (including phenoxy) is 2. The van der Waals surface area contributed by atoms with Crippen molar-refractivity contribution in [3.8, 4) is 11.5 Å². The van der Waals surface area contributed by atoms with Crippen LogP contribution in [0.3, 0.4) is 0 Å². The van der Waals surface area contributed by atoms with Crippen LogP contribution in [0.2, 0.25) is 0 Å². The van der Waals surface area contributed by atoms with Gasteiger partial charge in [-0.05, 0) is 36.6 Å². The van der Waals surface area contributed by atoms with Crippen LogP contribution in [0.25, 0.3) is 12.2 Å². The molecule has 0 radical (unpaired) electrons. The summed E-state index contributed by atoms with van der Waals surface area (Å²) in [5.41, 5.74) is -2.14. The van der Waals surface area contributed by atoms with Gasteiger partial charge >= 0.3 is 16.9 Å². The summed E-state index contributed by atoms with van der Waals surface area (Å²) in [6.07, 6.45) is 2.83. The summed E-state index contributed by atoms with van der Waals surface area (Å²) in [7, 11) is 0. The summed E-state index contributed by atoms with van der Waals surface area (Å²) >= 11 is 0. The van der Waals surface area contributed by atoms with Gasteiger partial charge in [0.1, 0.15) is 5.69 Å². The van der Waals surface area contributed by atoms with Crippen LogP contribution < -0.4 is 20.7 Å². The smallest absolute Gasteiger partial charge is 0.357 e. The maximum absolute atomic E-state index is 11.6. The van der Waals surface area contributed by atoms with Gasteiger partial charge in [0, 0.05) is 0 Å². The molecule has 2 rings (SSSR count). The number of nitro groups is 1. The fraction of sp³-hybridized carbons (Fsp3) is 0.333. The molecule has 0 unspecified atom stereocenters. The minimum Gasteiger partial charge on any atom is -0.490 e. The number of H-pyrrole nitrogens is 2. The van der Waals surface area contributed by atoms with E-state index >= 15 is 0 Å². The molecule has 9 nitrogen and oxygen atoms in total. The Bertz CT molecular complexity index is 958. The largest absolute Gasteiger partial charge is 0.490 e. The van der Waals surface area contributed by atoms with Crippen LogP contribution in [-0.4, -0.2) is 28.1 Å². The Morgan fingerprint density at radius 1 is 1.15 bits per heavy atom. The van der Waals surface area contributed by atoms with E-state index in [1.54, 1.807) is 18.2 Å². The van der Waals surface area contributed by atoms with E-state index in [9.17, 15) is 19.7 Å². The number of hydrogen-bond donors (Lipinski definition) is 2. The lowest BCUT2D eigenvalue weighted by Gasteiger charge is -2.14. The highest BCUT2D eigenvalue weighted by Crippen LogP contribution is 2.29. The maximum atomic E-state index is 11.6. The zero-order chi connectivity index (χ0) is 20.0. The Balaban J connectivity index is 2.37. The Kier molecular flexibility index (Phi) is 6.53. The topological polar surface area (TPSA) is 127 Å². The zero-order valence-corrected chi connectivity index (χ0v) is 15.3. The third-order valence-electron chi connectivity index (χ3n) is 3.41. The average molecular weight is 375 g/mol. The van der Waals surface area contributed by atoms with Crippen LogP contribution in [0.1, 0.15) is 32.0 Å². The molecule has 2 N–H and O–H groups in total. The highest BCUT2D eigenvalue weighted by Gasteiger charge is 2.18. The van der Waals surface area contributed by atoms with Crippen LogP contribution in [0, 0.1) is 16.0 Å². The lowest BCUT2D eigenvalue weighted by molar-refractivity contribution is -0.386. The molecule has 1 heterocycles. The number of hydrogen-bond acceptors (Lipinski definition) is 6. The fourth-order valence-corrected chi connectivity index (χ4v) is 2.25. The van der Waals surface area contributed by atoms with Gasteiger partial charge in [0.25, 0.3) is 0 Å². The van der Waals surface area contributed by atoms with E-state index < -0.39 is 21.9 Å². The van der Waals surface area contributed by atoms with E-state index in [0.717, 1.165) is 0 Å². The van der Waals surface area contributed by atoms with E-state index in [1.807, 2.05) is 25.8 Å². The number of benzene rings is 1. The van der Waals surface area contributed by atoms with E-state index in [4.69, 9.17) is 9.47 Å². The molecule has 2 aromatic rings. The van der Waals surface area contributed by atoms with Crippen LogP contribution in [0.15, 0.2) is 27.8 Å². The summed E-state index contributed by atoms with van der Waals surface area (Å²) < 4.78 is 11.3. The first-order valence-corrected chi connectivity index (χ1v) is 8.40. The number of aromatic amines is 2. The summed E-state index contributed by atoms with van der Waals surface area (Å²) in [5, 5.41) is 11.1. The SMILES string of the molecule is CCOc1cc(/C=C/c2[nH]c(=O)[nH]c(=O)c2[N+](=O)[O-])ccc1OCC(C)C. The molecule has 0 aliphatic rings. The number of nitrogens with zero attached hydrogens (tertiary/aromatic N) is 1. The van der Waals surface area contributed by atoms with E-state index in [0.29, 0.717) is 36.2 Å². The van der Waals surface area contributed by atoms with E-state index in [2.05, 4.69) is 4.98 Å². The van der Waals surface area contributed by atoms with Gasteiger partial charge in [-0.25, -0.2) is 4.79 Å². The maximum Gasteiger partial charge on any atom is 0.357 e. The molecule has 0 bridgehead atoms. The molecule has 27 heavy (non-hydrogen) atoms. The Labute approximate surface area is 154 Å². The van der Waals surface area contributed by atoms with Gasteiger partial charge < -0.3 is 14.5 Å². The van der Waals surface area contributed by atoms with Crippen molar-refractivity contribution in [1.29, 1.82) is 0 Å². The normalized spacial score (nSPS) is 11.1. The molecule has 0 aliphatic carbocycles. The van der Waals surface area contributed by atoms with Crippen LogP contribution in [0.5, 0.6) is 11.5 Å². The third kappa shape index (κ3) is 5.30. The molecule has 144 valence electrons. The van der Waals surface area contributed by atoms with E-state index in [1.165, 1.54) is 12.2 Å². The number of rotatable bonds is 8. The molecule has 9 heteroatoms. The number of nitrogens with one attached hydrogen (secondary N) is 2. The van der Waals surface area contributed by atoms with Gasteiger partial charge in [0.15, 0.2) is 11.5 Å².